The zero-order valence-corrected chi connectivity index (χ0v) is 26.3. The summed E-state index contributed by atoms with van der Waals surface area (Å²) in [7, 11) is 1.93. The first-order chi connectivity index (χ1) is 19.5. The predicted molar refractivity (Wildman–Crippen MR) is 163 cm³/mol. The van der Waals surface area contributed by atoms with Crippen molar-refractivity contribution in [2.45, 2.75) is 57.7 Å². The summed E-state index contributed by atoms with van der Waals surface area (Å²) in [5, 5.41) is 6.84. The number of carbonyl (C=O) groups excluding carboxylic acids is 2. The van der Waals surface area contributed by atoms with E-state index in [9.17, 15) is 9.59 Å². The summed E-state index contributed by atoms with van der Waals surface area (Å²) in [5.41, 5.74) is 5.08. The molecular weight excluding hydrogens is 606 g/mol. The Kier molecular flexibility index (Phi) is 8.73. The van der Waals surface area contributed by atoms with Gasteiger partial charge in [0.05, 0.1) is 18.1 Å². The number of piperazine rings is 1. The molecule has 1 saturated heterocycles. The van der Waals surface area contributed by atoms with Gasteiger partial charge in [0.25, 0.3) is 0 Å². The molecule has 1 aliphatic carbocycles. The largest absolute Gasteiger partial charge is 0.354 e. The van der Waals surface area contributed by atoms with E-state index in [1.807, 2.05) is 50.7 Å². The molecule has 218 valence electrons. The first-order valence-electron chi connectivity index (χ1n) is 14.0. The van der Waals surface area contributed by atoms with E-state index >= 15 is 0 Å². The number of fused-ring (bicyclic) bond motifs is 2. The highest BCUT2D eigenvalue weighted by Gasteiger charge is 2.40. The van der Waals surface area contributed by atoms with Crippen LogP contribution in [0.3, 0.4) is 0 Å². The zero-order valence-electron chi connectivity index (χ0n) is 24.0. The first kappa shape index (κ1) is 29.5. The van der Waals surface area contributed by atoms with Crippen LogP contribution in [0, 0.1) is 0 Å². The Bertz CT molecular complexity index is 1380. The number of aromatic nitrogens is 3. The SMILES string of the molecule is Cn1cncc1CCNC(=O)[C@H]1CN(C2c3ccc(Cl)cc3CCc3cc(Br)cnc32)CCN1C(=O)NC(C)(C)C. The number of nitrogens with one attached hydrogen (secondary N) is 2. The molecule has 3 amide bonds. The molecule has 1 fully saturated rings. The van der Waals surface area contributed by atoms with Crippen molar-refractivity contribution in [1.82, 2.24) is 35.0 Å². The maximum absolute atomic E-state index is 13.7. The molecule has 0 bridgehead atoms. The van der Waals surface area contributed by atoms with Gasteiger partial charge in [-0.1, -0.05) is 17.7 Å². The highest BCUT2D eigenvalue weighted by molar-refractivity contribution is 9.10. The van der Waals surface area contributed by atoms with Crippen LogP contribution in [0.2, 0.25) is 5.02 Å². The second kappa shape index (κ2) is 12.1. The third-order valence-electron chi connectivity index (χ3n) is 7.71. The Morgan fingerprint density at radius 1 is 1.12 bits per heavy atom. The fourth-order valence-electron chi connectivity index (χ4n) is 5.74. The quantitative estimate of drug-likeness (QED) is 0.434. The monoisotopic (exact) mass is 641 g/mol. The van der Waals surface area contributed by atoms with E-state index < -0.39 is 11.6 Å². The minimum absolute atomic E-state index is 0.162. The number of hydrogen-bond acceptors (Lipinski definition) is 5. The summed E-state index contributed by atoms with van der Waals surface area (Å²) in [4.78, 5) is 40.2. The lowest BCUT2D eigenvalue weighted by molar-refractivity contribution is -0.127. The summed E-state index contributed by atoms with van der Waals surface area (Å²) >= 11 is 10.0. The smallest absolute Gasteiger partial charge is 0.318 e. The van der Waals surface area contributed by atoms with Gasteiger partial charge in [-0.25, -0.2) is 9.78 Å². The average Bonchev–Trinajstić information content (AvgIpc) is 3.25. The average molecular weight is 643 g/mol. The van der Waals surface area contributed by atoms with Crippen LogP contribution >= 0.6 is 27.5 Å². The Morgan fingerprint density at radius 2 is 1.90 bits per heavy atom. The van der Waals surface area contributed by atoms with Gasteiger partial charge in [-0.3, -0.25) is 14.7 Å². The maximum Gasteiger partial charge on any atom is 0.318 e. The molecule has 1 unspecified atom stereocenters. The number of urea groups is 1. The third kappa shape index (κ3) is 6.76. The topological polar surface area (TPSA) is 95.4 Å². The van der Waals surface area contributed by atoms with Gasteiger partial charge < -0.3 is 20.1 Å². The molecule has 3 aromatic rings. The number of nitrogens with zero attached hydrogens (tertiary/aromatic N) is 5. The van der Waals surface area contributed by atoms with Gasteiger partial charge in [0, 0.05) is 72.8 Å². The Balaban J connectivity index is 1.45. The molecule has 1 aromatic carbocycles. The summed E-state index contributed by atoms with van der Waals surface area (Å²) in [6, 6.07) is 7.12. The minimum atomic E-state index is -0.671. The lowest BCUT2D eigenvalue weighted by Crippen LogP contribution is -2.64. The normalized spacial score (nSPS) is 19.2. The predicted octanol–water partition coefficient (Wildman–Crippen LogP) is 4.27. The van der Waals surface area contributed by atoms with Gasteiger partial charge in [-0.05, 0) is 84.4 Å². The molecule has 2 aliphatic rings. The third-order valence-corrected chi connectivity index (χ3v) is 8.38. The molecule has 0 saturated carbocycles. The molecule has 0 spiro atoms. The van der Waals surface area contributed by atoms with Crippen LogP contribution < -0.4 is 10.6 Å². The van der Waals surface area contributed by atoms with Crippen LogP contribution in [0.5, 0.6) is 0 Å². The van der Waals surface area contributed by atoms with Gasteiger partial charge in [-0.15, -0.1) is 0 Å². The van der Waals surface area contributed by atoms with E-state index in [4.69, 9.17) is 16.6 Å². The van der Waals surface area contributed by atoms with Crippen LogP contribution in [-0.2, 0) is 31.1 Å². The van der Waals surface area contributed by atoms with Crippen LogP contribution in [0.1, 0.15) is 54.9 Å². The molecular formula is C30H37BrClN7O2. The molecule has 2 atom stereocenters. The van der Waals surface area contributed by atoms with Crippen molar-refractivity contribution in [3.8, 4) is 0 Å². The number of aryl methyl sites for hydroxylation is 3. The van der Waals surface area contributed by atoms with Crippen molar-refractivity contribution in [3.63, 3.8) is 0 Å². The van der Waals surface area contributed by atoms with E-state index in [0.29, 0.717) is 37.6 Å². The van der Waals surface area contributed by atoms with Crippen molar-refractivity contribution in [3.05, 3.63) is 80.6 Å². The number of imidazole rings is 1. The zero-order chi connectivity index (χ0) is 29.3. The summed E-state index contributed by atoms with van der Waals surface area (Å²) in [5.74, 6) is -0.171. The molecule has 1 aliphatic heterocycles. The van der Waals surface area contributed by atoms with E-state index in [1.165, 1.54) is 11.1 Å². The Morgan fingerprint density at radius 3 is 2.63 bits per heavy atom. The van der Waals surface area contributed by atoms with Crippen molar-refractivity contribution in [1.29, 1.82) is 0 Å². The van der Waals surface area contributed by atoms with E-state index in [1.54, 1.807) is 17.4 Å². The lowest BCUT2D eigenvalue weighted by Gasteiger charge is -2.44. The van der Waals surface area contributed by atoms with Crippen LogP contribution in [-0.4, -0.2) is 74.0 Å². The van der Waals surface area contributed by atoms with Crippen molar-refractivity contribution >= 4 is 39.5 Å². The molecule has 3 heterocycles. The molecule has 2 aromatic heterocycles. The highest BCUT2D eigenvalue weighted by atomic mass is 79.9. The lowest BCUT2D eigenvalue weighted by atomic mass is 9.95. The second-order valence-corrected chi connectivity index (χ2v) is 13.2. The number of pyridine rings is 1. The van der Waals surface area contributed by atoms with Gasteiger partial charge in [0.15, 0.2) is 0 Å². The van der Waals surface area contributed by atoms with Gasteiger partial charge in [-0.2, -0.15) is 0 Å². The number of amides is 3. The Hall–Kier alpha value is -2.95. The first-order valence-corrected chi connectivity index (χ1v) is 15.2. The Labute approximate surface area is 254 Å². The van der Waals surface area contributed by atoms with Gasteiger partial charge >= 0.3 is 6.03 Å². The molecule has 5 rings (SSSR count). The van der Waals surface area contributed by atoms with E-state index in [2.05, 4.69) is 48.6 Å². The number of halogens is 2. The summed E-state index contributed by atoms with van der Waals surface area (Å²) < 4.78 is 2.88. The maximum atomic E-state index is 13.7. The minimum Gasteiger partial charge on any atom is -0.354 e. The van der Waals surface area contributed by atoms with Crippen molar-refractivity contribution in [2.75, 3.05) is 26.2 Å². The molecule has 0 radical (unpaired) electrons. The van der Waals surface area contributed by atoms with Crippen LogP contribution in [0.15, 0.2) is 47.5 Å². The number of rotatable bonds is 5. The highest BCUT2D eigenvalue weighted by Crippen LogP contribution is 2.38. The molecule has 9 nitrogen and oxygen atoms in total. The summed E-state index contributed by atoms with van der Waals surface area (Å²) in [6.45, 7) is 7.66. The van der Waals surface area contributed by atoms with Gasteiger partial charge in [0.2, 0.25) is 5.91 Å². The fraction of sp³-hybridized carbons (Fsp3) is 0.467. The van der Waals surface area contributed by atoms with Crippen LogP contribution in [0.25, 0.3) is 0 Å². The van der Waals surface area contributed by atoms with Crippen molar-refractivity contribution in [2.24, 2.45) is 7.05 Å². The van der Waals surface area contributed by atoms with E-state index in [-0.39, 0.29) is 18.0 Å². The van der Waals surface area contributed by atoms with E-state index in [0.717, 1.165) is 34.3 Å². The molecule has 41 heavy (non-hydrogen) atoms. The van der Waals surface area contributed by atoms with Crippen molar-refractivity contribution < 1.29 is 9.59 Å². The van der Waals surface area contributed by atoms with Gasteiger partial charge in [0.1, 0.15) is 6.04 Å². The number of hydrogen-bond donors (Lipinski definition) is 2. The second-order valence-electron chi connectivity index (χ2n) is 11.9. The molecule has 2 N–H and O–H groups in total. The van der Waals surface area contributed by atoms with Crippen LogP contribution in [0.4, 0.5) is 4.79 Å². The number of carbonyl (C=O) groups is 2. The fourth-order valence-corrected chi connectivity index (χ4v) is 6.31. The number of benzene rings is 1. The summed E-state index contributed by atoms with van der Waals surface area (Å²) in [6.07, 6.45) is 7.73. The molecule has 11 heteroatoms. The standard InChI is InChI=1S/C30H37BrClN7O2/c1-30(2,3)36-29(41)39-12-11-38(17-25(39)28(40)34-10-9-23-16-33-18-37(23)4)27-24-8-7-22(32)14-19(24)5-6-20-13-21(31)15-35-26(20)27/h7-8,13-16,18,25,27H,5-6,9-12,17H2,1-4H3,(H,34,40)(H,36,41)/t25-,27?/m1/s1.